The van der Waals surface area contributed by atoms with Crippen molar-refractivity contribution in [1.29, 1.82) is 0 Å². The third-order valence-corrected chi connectivity index (χ3v) is 1.85. The summed E-state index contributed by atoms with van der Waals surface area (Å²) in [5, 5.41) is 0. The largest absolute Gasteiger partial charge is 0.457 e. The molecule has 0 amide bonds. The third kappa shape index (κ3) is 3.32. The predicted octanol–water partition coefficient (Wildman–Crippen LogP) is 3.59. The Hall–Kier alpha value is -0.970. The molecule has 2 unspecified atom stereocenters. The molecule has 0 aliphatic carbocycles. The van der Waals surface area contributed by atoms with E-state index >= 15 is 0 Å². The van der Waals surface area contributed by atoms with Crippen LogP contribution in [-0.2, 0) is 9.47 Å². The number of hydrogen-bond donors (Lipinski definition) is 0. The molecule has 0 aromatic heterocycles. The van der Waals surface area contributed by atoms with Crippen molar-refractivity contribution in [2.24, 2.45) is 0 Å². The molecule has 0 aliphatic rings. The minimum Gasteiger partial charge on any atom is -0.335 e. The van der Waals surface area contributed by atoms with Crippen LogP contribution in [0.4, 0.5) is 39.5 Å². The molecule has 114 valence electrons. The molecule has 0 heterocycles. The van der Waals surface area contributed by atoms with Gasteiger partial charge < -0.3 is 4.74 Å². The van der Waals surface area contributed by atoms with Crippen molar-refractivity contribution in [2.75, 3.05) is 7.11 Å². The summed E-state index contributed by atoms with van der Waals surface area (Å²) < 4.78 is 118. The third-order valence-electron chi connectivity index (χ3n) is 1.85. The molecule has 0 bridgehead atoms. The second-order valence-electron chi connectivity index (χ2n) is 3.13. The maximum absolute atomic E-state index is 13.0. The van der Waals surface area contributed by atoms with Crippen LogP contribution in [0, 0.1) is 0 Å². The summed E-state index contributed by atoms with van der Waals surface area (Å²) in [6.07, 6.45) is -17.2. The first-order valence-corrected chi connectivity index (χ1v) is 4.27. The van der Waals surface area contributed by atoms with Crippen LogP contribution in [0.2, 0.25) is 0 Å². The standard InChI is InChI=1S/C8H7F9O2/c1-3-5(10,11)4(9)19-8(16,17)6(12,18-2)7(13,14)15/h3-4H,1H2,2H3. The van der Waals surface area contributed by atoms with Crippen molar-refractivity contribution in [2.45, 2.75) is 30.4 Å². The molecule has 0 fully saturated rings. The topological polar surface area (TPSA) is 18.5 Å². The van der Waals surface area contributed by atoms with Crippen LogP contribution in [-0.4, -0.2) is 37.5 Å². The van der Waals surface area contributed by atoms with Crippen LogP contribution in [0.5, 0.6) is 0 Å². The molecule has 0 radical (unpaired) electrons. The van der Waals surface area contributed by atoms with E-state index in [2.05, 4.69) is 16.1 Å². The van der Waals surface area contributed by atoms with Crippen LogP contribution in [0.25, 0.3) is 0 Å². The van der Waals surface area contributed by atoms with Crippen molar-refractivity contribution >= 4 is 0 Å². The van der Waals surface area contributed by atoms with Gasteiger partial charge in [-0.15, -0.1) is 0 Å². The van der Waals surface area contributed by atoms with E-state index in [4.69, 9.17) is 0 Å². The number of methoxy groups -OCH3 is 1. The van der Waals surface area contributed by atoms with Gasteiger partial charge in [0.05, 0.1) is 0 Å². The average molecular weight is 306 g/mol. The number of halogens is 9. The Bertz CT molecular complexity index is 327. The minimum absolute atomic E-state index is 0.121. The molecule has 19 heavy (non-hydrogen) atoms. The highest BCUT2D eigenvalue weighted by Gasteiger charge is 2.75. The fourth-order valence-corrected chi connectivity index (χ4v) is 0.777. The van der Waals surface area contributed by atoms with Crippen LogP contribution in [0.3, 0.4) is 0 Å². The van der Waals surface area contributed by atoms with Gasteiger partial charge in [0.25, 0.3) is 6.36 Å². The highest BCUT2D eigenvalue weighted by Crippen LogP contribution is 2.47. The summed E-state index contributed by atoms with van der Waals surface area (Å²) in [7, 11) is -0.121. The molecule has 0 rings (SSSR count). The maximum Gasteiger partial charge on any atom is 0.457 e. The number of hydrogen-bond acceptors (Lipinski definition) is 2. The number of ether oxygens (including phenoxy) is 2. The summed E-state index contributed by atoms with van der Waals surface area (Å²) in [5.41, 5.74) is 0. The Morgan fingerprint density at radius 3 is 1.68 bits per heavy atom. The lowest BCUT2D eigenvalue weighted by Crippen LogP contribution is -2.59. The summed E-state index contributed by atoms with van der Waals surface area (Å²) >= 11 is 0. The predicted molar refractivity (Wildman–Crippen MR) is 43.0 cm³/mol. The lowest BCUT2D eigenvalue weighted by Gasteiger charge is -2.34. The average Bonchev–Trinajstić information content (AvgIpc) is 2.25. The molecule has 0 spiro atoms. The number of rotatable bonds is 6. The van der Waals surface area contributed by atoms with Gasteiger partial charge in [-0.2, -0.15) is 35.1 Å². The zero-order chi connectivity index (χ0) is 15.7. The van der Waals surface area contributed by atoms with Gasteiger partial charge in [-0.05, 0) is 6.08 Å². The normalized spacial score (nSPS) is 18.8. The molecule has 0 aromatic carbocycles. The van der Waals surface area contributed by atoms with Gasteiger partial charge in [-0.1, -0.05) is 6.58 Å². The van der Waals surface area contributed by atoms with E-state index in [9.17, 15) is 39.5 Å². The van der Waals surface area contributed by atoms with Gasteiger partial charge in [0.1, 0.15) is 0 Å². The van der Waals surface area contributed by atoms with E-state index in [0.717, 1.165) is 0 Å². The van der Waals surface area contributed by atoms with Crippen molar-refractivity contribution < 1.29 is 49.0 Å². The van der Waals surface area contributed by atoms with E-state index in [0.29, 0.717) is 0 Å². The lowest BCUT2D eigenvalue weighted by molar-refractivity contribution is -0.472. The molecular formula is C8H7F9O2. The van der Waals surface area contributed by atoms with Gasteiger partial charge >= 0.3 is 24.1 Å². The van der Waals surface area contributed by atoms with E-state index in [1.807, 2.05) is 0 Å². The Morgan fingerprint density at radius 2 is 1.42 bits per heavy atom. The van der Waals surface area contributed by atoms with Gasteiger partial charge in [0.2, 0.25) is 0 Å². The fraction of sp³-hybridized carbons (Fsp3) is 0.750. The van der Waals surface area contributed by atoms with E-state index in [1.54, 1.807) is 0 Å². The fourth-order valence-electron chi connectivity index (χ4n) is 0.777. The molecule has 2 atom stereocenters. The summed E-state index contributed by atoms with van der Waals surface area (Å²) in [6.45, 7) is 2.35. The molecule has 0 aromatic rings. The molecule has 11 heteroatoms. The zero-order valence-corrected chi connectivity index (χ0v) is 9.08. The molecule has 0 saturated carbocycles. The maximum atomic E-state index is 13.0. The van der Waals surface area contributed by atoms with Crippen molar-refractivity contribution in [3.8, 4) is 0 Å². The summed E-state index contributed by atoms with van der Waals surface area (Å²) in [5.74, 6) is -10.5. The molecular weight excluding hydrogens is 299 g/mol. The van der Waals surface area contributed by atoms with Gasteiger partial charge in [0, 0.05) is 7.11 Å². The van der Waals surface area contributed by atoms with Crippen LogP contribution in [0.15, 0.2) is 12.7 Å². The van der Waals surface area contributed by atoms with E-state index < -0.39 is 36.5 Å². The van der Waals surface area contributed by atoms with Crippen LogP contribution >= 0.6 is 0 Å². The molecule has 0 saturated heterocycles. The van der Waals surface area contributed by atoms with Crippen molar-refractivity contribution in [3.05, 3.63) is 12.7 Å². The van der Waals surface area contributed by atoms with Crippen LogP contribution in [0.1, 0.15) is 0 Å². The Balaban J connectivity index is 5.33. The van der Waals surface area contributed by atoms with E-state index in [1.165, 1.54) is 0 Å². The molecule has 2 nitrogen and oxygen atoms in total. The lowest BCUT2D eigenvalue weighted by atomic mass is 10.2. The van der Waals surface area contributed by atoms with E-state index in [-0.39, 0.29) is 7.11 Å². The van der Waals surface area contributed by atoms with Crippen molar-refractivity contribution in [1.82, 2.24) is 0 Å². The number of alkyl halides is 9. The monoisotopic (exact) mass is 306 g/mol. The first-order chi connectivity index (χ1) is 8.25. The second kappa shape index (κ2) is 5.19. The Kier molecular flexibility index (Phi) is 4.93. The van der Waals surface area contributed by atoms with Gasteiger partial charge in [-0.25, -0.2) is 4.39 Å². The zero-order valence-electron chi connectivity index (χ0n) is 9.08. The quantitative estimate of drug-likeness (QED) is 0.551. The second-order valence-corrected chi connectivity index (χ2v) is 3.13. The molecule has 0 N–H and O–H groups in total. The smallest absolute Gasteiger partial charge is 0.335 e. The van der Waals surface area contributed by atoms with Crippen LogP contribution < -0.4 is 0 Å². The van der Waals surface area contributed by atoms with Gasteiger partial charge in [0.15, 0.2) is 0 Å². The minimum atomic E-state index is -6.35. The Labute approximate surface area is 100 Å². The SMILES string of the molecule is C=CC(F)(F)C(F)OC(F)(F)C(F)(OC)C(F)(F)F. The first-order valence-electron chi connectivity index (χ1n) is 4.27. The summed E-state index contributed by atoms with van der Waals surface area (Å²) in [4.78, 5) is 0. The van der Waals surface area contributed by atoms with Crippen molar-refractivity contribution in [3.63, 3.8) is 0 Å². The molecule has 0 aliphatic heterocycles. The van der Waals surface area contributed by atoms with Gasteiger partial charge in [-0.3, -0.25) is 4.74 Å². The highest BCUT2D eigenvalue weighted by molar-refractivity contribution is 4.92. The summed E-state index contributed by atoms with van der Waals surface area (Å²) in [6, 6.07) is 0. The first kappa shape index (κ1) is 18.0. The highest BCUT2D eigenvalue weighted by atomic mass is 19.4. The Morgan fingerprint density at radius 1 is 1.00 bits per heavy atom.